The molecule has 1 fully saturated rings. The van der Waals surface area contributed by atoms with E-state index in [1.807, 2.05) is 19.2 Å². The molecule has 1 saturated heterocycles. The molecule has 2 heterocycles. The monoisotopic (exact) mass is 267 g/mol. The molecule has 0 saturated carbocycles. The van der Waals surface area contributed by atoms with E-state index in [2.05, 4.69) is 10.4 Å². The normalized spacial score (nSPS) is 24.1. The van der Waals surface area contributed by atoms with Crippen LogP contribution >= 0.6 is 0 Å². The van der Waals surface area contributed by atoms with Gasteiger partial charge in [0.1, 0.15) is 6.10 Å². The van der Waals surface area contributed by atoms with Gasteiger partial charge in [0, 0.05) is 18.4 Å². The van der Waals surface area contributed by atoms with E-state index in [1.54, 1.807) is 10.9 Å². The highest BCUT2D eigenvalue weighted by Crippen LogP contribution is 2.20. The topological polar surface area (TPSA) is 93.5 Å². The van der Waals surface area contributed by atoms with Gasteiger partial charge in [0.05, 0.1) is 6.54 Å². The molecular formula is C12H17N3O4. The molecular weight excluding hydrogens is 250 g/mol. The van der Waals surface area contributed by atoms with Crippen molar-refractivity contribution in [3.63, 3.8) is 0 Å². The van der Waals surface area contributed by atoms with Crippen molar-refractivity contribution in [2.45, 2.75) is 44.6 Å². The Labute approximate surface area is 110 Å². The van der Waals surface area contributed by atoms with Gasteiger partial charge in [-0.25, -0.2) is 4.79 Å². The Bertz CT molecular complexity index is 446. The van der Waals surface area contributed by atoms with Gasteiger partial charge in [-0.3, -0.25) is 9.48 Å². The van der Waals surface area contributed by atoms with Crippen molar-refractivity contribution in [2.24, 2.45) is 0 Å². The van der Waals surface area contributed by atoms with Crippen LogP contribution in [0.5, 0.6) is 0 Å². The van der Waals surface area contributed by atoms with Crippen molar-refractivity contribution in [3.05, 3.63) is 18.5 Å². The minimum atomic E-state index is -1.01. The lowest BCUT2D eigenvalue weighted by Gasteiger charge is -2.17. The van der Waals surface area contributed by atoms with Crippen LogP contribution in [0.1, 0.15) is 19.8 Å². The molecule has 3 unspecified atom stereocenters. The predicted molar refractivity (Wildman–Crippen MR) is 65.4 cm³/mol. The van der Waals surface area contributed by atoms with Gasteiger partial charge in [0.25, 0.3) is 0 Å². The van der Waals surface area contributed by atoms with E-state index >= 15 is 0 Å². The molecule has 2 N–H and O–H groups in total. The van der Waals surface area contributed by atoms with Crippen molar-refractivity contribution in [3.8, 4) is 0 Å². The molecule has 1 aliphatic rings. The molecule has 2 rings (SSSR count). The van der Waals surface area contributed by atoms with Gasteiger partial charge in [-0.2, -0.15) is 5.10 Å². The fourth-order valence-electron chi connectivity index (χ4n) is 2.08. The van der Waals surface area contributed by atoms with Crippen LogP contribution in [0.3, 0.4) is 0 Å². The first-order valence-electron chi connectivity index (χ1n) is 6.22. The van der Waals surface area contributed by atoms with Crippen molar-refractivity contribution in [1.29, 1.82) is 0 Å². The molecule has 19 heavy (non-hydrogen) atoms. The number of nitrogens with zero attached hydrogens (tertiary/aromatic N) is 2. The van der Waals surface area contributed by atoms with E-state index in [1.165, 1.54) is 0 Å². The zero-order valence-corrected chi connectivity index (χ0v) is 10.7. The summed E-state index contributed by atoms with van der Waals surface area (Å²) in [4.78, 5) is 22.6. The molecule has 1 aromatic heterocycles. The van der Waals surface area contributed by atoms with Crippen LogP contribution in [-0.4, -0.2) is 45.0 Å². The summed E-state index contributed by atoms with van der Waals surface area (Å²) in [6, 6.07) is 1.71. The minimum Gasteiger partial charge on any atom is -0.479 e. The second kappa shape index (κ2) is 5.83. The smallest absolute Gasteiger partial charge is 0.332 e. The summed E-state index contributed by atoms with van der Waals surface area (Å²) in [6.07, 6.45) is 2.78. The second-order valence-electron chi connectivity index (χ2n) is 4.67. The highest BCUT2D eigenvalue weighted by atomic mass is 16.5. The number of carbonyl (C=O) groups excluding carboxylic acids is 1. The summed E-state index contributed by atoms with van der Waals surface area (Å²) >= 11 is 0. The third kappa shape index (κ3) is 3.54. The van der Waals surface area contributed by atoms with E-state index in [4.69, 9.17) is 9.84 Å². The number of aliphatic carboxylic acids is 1. The Hall–Kier alpha value is -1.89. The third-order valence-corrected chi connectivity index (χ3v) is 3.00. The van der Waals surface area contributed by atoms with Crippen LogP contribution in [0.25, 0.3) is 0 Å². The van der Waals surface area contributed by atoms with Crippen LogP contribution in [0.4, 0.5) is 0 Å². The van der Waals surface area contributed by atoms with Crippen molar-refractivity contribution in [1.82, 2.24) is 15.1 Å². The fourth-order valence-corrected chi connectivity index (χ4v) is 2.08. The molecule has 7 heteroatoms. The number of carboxylic acids is 1. The molecule has 0 aliphatic carbocycles. The molecule has 7 nitrogen and oxygen atoms in total. The summed E-state index contributed by atoms with van der Waals surface area (Å²) in [5.41, 5.74) is 0. The number of nitrogens with one attached hydrogen (secondary N) is 1. The van der Waals surface area contributed by atoms with Gasteiger partial charge >= 0.3 is 5.97 Å². The molecule has 0 aromatic carbocycles. The number of aromatic nitrogens is 2. The average Bonchev–Trinajstić information content (AvgIpc) is 2.98. The summed E-state index contributed by atoms with van der Waals surface area (Å²) in [7, 11) is 0. The Morgan fingerprint density at radius 2 is 2.26 bits per heavy atom. The number of rotatable bonds is 5. The van der Waals surface area contributed by atoms with Crippen LogP contribution in [0.15, 0.2) is 18.5 Å². The number of ether oxygens (including phenoxy) is 1. The number of carboxylic acid groups (broad SMARTS) is 1. The highest BCUT2D eigenvalue weighted by molar-refractivity contribution is 5.82. The molecule has 1 amide bonds. The molecule has 0 radical (unpaired) electrons. The van der Waals surface area contributed by atoms with Crippen molar-refractivity contribution >= 4 is 11.9 Å². The number of hydrogen-bond acceptors (Lipinski definition) is 4. The quantitative estimate of drug-likeness (QED) is 0.784. The maximum absolute atomic E-state index is 11.9. The van der Waals surface area contributed by atoms with Gasteiger partial charge in [0.2, 0.25) is 5.91 Å². The zero-order valence-electron chi connectivity index (χ0n) is 10.7. The van der Waals surface area contributed by atoms with Crippen LogP contribution in [0, 0.1) is 0 Å². The maximum Gasteiger partial charge on any atom is 0.332 e. The van der Waals surface area contributed by atoms with Crippen LogP contribution < -0.4 is 5.32 Å². The molecule has 0 spiro atoms. The van der Waals surface area contributed by atoms with E-state index < -0.39 is 18.2 Å². The standard InChI is InChI=1S/C12H17N3O4/c1-8(7-15-6-2-5-13-15)14-11(16)9-3-4-10(19-9)12(17)18/h2,5-6,8-10H,3-4,7H2,1H3,(H,14,16)(H,17,18). The predicted octanol–water partition coefficient (Wildman–Crippen LogP) is 0.0200. The molecule has 3 atom stereocenters. The van der Waals surface area contributed by atoms with E-state index in [0.29, 0.717) is 19.4 Å². The Kier molecular flexibility index (Phi) is 4.16. The summed E-state index contributed by atoms with van der Waals surface area (Å²) in [6.45, 7) is 2.43. The Balaban J connectivity index is 1.79. The third-order valence-electron chi connectivity index (χ3n) is 3.00. The number of carbonyl (C=O) groups is 2. The lowest BCUT2D eigenvalue weighted by molar-refractivity contribution is -0.151. The van der Waals surface area contributed by atoms with Crippen LogP contribution in [-0.2, 0) is 20.9 Å². The Morgan fingerprint density at radius 1 is 1.53 bits per heavy atom. The summed E-state index contributed by atoms with van der Waals surface area (Å²) in [5.74, 6) is -1.27. The highest BCUT2D eigenvalue weighted by Gasteiger charge is 2.34. The van der Waals surface area contributed by atoms with Crippen molar-refractivity contribution in [2.75, 3.05) is 0 Å². The lowest BCUT2D eigenvalue weighted by Crippen LogP contribution is -2.42. The van der Waals surface area contributed by atoms with Crippen LogP contribution in [0.2, 0.25) is 0 Å². The first kappa shape index (κ1) is 13.5. The Morgan fingerprint density at radius 3 is 2.84 bits per heavy atom. The first-order valence-corrected chi connectivity index (χ1v) is 6.22. The zero-order chi connectivity index (χ0) is 13.8. The first-order chi connectivity index (χ1) is 9.06. The van der Waals surface area contributed by atoms with Gasteiger partial charge < -0.3 is 15.2 Å². The fraction of sp³-hybridized carbons (Fsp3) is 0.583. The molecule has 104 valence electrons. The van der Waals surface area contributed by atoms with Gasteiger partial charge in [-0.05, 0) is 25.8 Å². The van der Waals surface area contributed by atoms with Gasteiger partial charge in [-0.1, -0.05) is 0 Å². The van der Waals surface area contributed by atoms with Gasteiger partial charge in [-0.15, -0.1) is 0 Å². The second-order valence-corrected chi connectivity index (χ2v) is 4.67. The summed E-state index contributed by atoms with van der Waals surface area (Å²) < 4.78 is 6.91. The van der Waals surface area contributed by atoms with E-state index in [0.717, 1.165) is 0 Å². The largest absolute Gasteiger partial charge is 0.479 e. The lowest BCUT2D eigenvalue weighted by atomic mass is 10.2. The van der Waals surface area contributed by atoms with Gasteiger partial charge in [0.15, 0.2) is 6.10 Å². The number of amides is 1. The van der Waals surface area contributed by atoms with E-state index in [-0.39, 0.29) is 11.9 Å². The average molecular weight is 267 g/mol. The molecule has 1 aliphatic heterocycles. The minimum absolute atomic E-state index is 0.0973. The van der Waals surface area contributed by atoms with Crippen molar-refractivity contribution < 1.29 is 19.4 Å². The SMILES string of the molecule is CC(Cn1cccn1)NC(=O)C1CCC(C(=O)O)O1. The number of hydrogen-bond donors (Lipinski definition) is 2. The maximum atomic E-state index is 11.9. The summed E-state index contributed by atoms with van der Waals surface area (Å²) in [5, 5.41) is 15.7. The molecule has 0 bridgehead atoms. The molecule has 1 aromatic rings. The van der Waals surface area contributed by atoms with E-state index in [9.17, 15) is 9.59 Å².